The molecule has 5 nitrogen and oxygen atoms in total. The lowest BCUT2D eigenvalue weighted by Crippen LogP contribution is -2.24. The number of nitrogens with one attached hydrogen (secondary N) is 1. The van der Waals surface area contributed by atoms with E-state index in [1.54, 1.807) is 18.3 Å². The van der Waals surface area contributed by atoms with Gasteiger partial charge in [-0.05, 0) is 23.8 Å². The molecule has 0 fully saturated rings. The van der Waals surface area contributed by atoms with Crippen molar-refractivity contribution in [1.82, 2.24) is 10.3 Å². The number of rotatable bonds is 4. The third-order valence-corrected chi connectivity index (χ3v) is 2.76. The van der Waals surface area contributed by atoms with Crippen molar-refractivity contribution in [3.05, 3.63) is 53.5 Å². The Bertz CT molecular complexity index is 632. The third kappa shape index (κ3) is 3.03. The minimum atomic E-state index is -0.608. The van der Waals surface area contributed by atoms with Crippen molar-refractivity contribution in [3.8, 4) is 5.88 Å². The summed E-state index contributed by atoms with van der Waals surface area (Å²) in [5, 5.41) is 2.67. The van der Waals surface area contributed by atoms with Crippen molar-refractivity contribution >= 4 is 11.6 Å². The van der Waals surface area contributed by atoms with E-state index in [-0.39, 0.29) is 17.8 Å². The first kappa shape index (κ1) is 13.8. The predicted octanol–water partition coefficient (Wildman–Crippen LogP) is 1.74. The average molecular weight is 275 g/mol. The second-order valence-electron chi connectivity index (χ2n) is 4.09. The summed E-state index contributed by atoms with van der Waals surface area (Å²) < 4.78 is 18.3. The number of methoxy groups -OCH3 is 1. The quantitative estimate of drug-likeness (QED) is 0.833. The Kier molecular flexibility index (Phi) is 4.14. The van der Waals surface area contributed by atoms with E-state index in [9.17, 15) is 9.18 Å². The summed E-state index contributed by atoms with van der Waals surface area (Å²) in [5.74, 6) is -0.581. The van der Waals surface area contributed by atoms with Crippen molar-refractivity contribution in [1.29, 1.82) is 0 Å². The van der Waals surface area contributed by atoms with Crippen LogP contribution in [0.15, 0.2) is 36.5 Å². The number of nitrogens with two attached hydrogens (primary N) is 1. The number of para-hydroxylation sites is 1. The molecule has 0 saturated carbocycles. The predicted molar refractivity (Wildman–Crippen MR) is 72.8 cm³/mol. The van der Waals surface area contributed by atoms with Crippen molar-refractivity contribution in [2.45, 2.75) is 6.54 Å². The number of carbonyl (C=O) groups is 1. The number of hydrogen-bond acceptors (Lipinski definition) is 4. The van der Waals surface area contributed by atoms with Crippen molar-refractivity contribution < 1.29 is 13.9 Å². The molecule has 2 rings (SSSR count). The average Bonchev–Trinajstić information content (AvgIpc) is 2.48. The lowest BCUT2D eigenvalue weighted by Gasteiger charge is -2.08. The summed E-state index contributed by atoms with van der Waals surface area (Å²) >= 11 is 0. The Balaban J connectivity index is 2.06. The summed E-state index contributed by atoms with van der Waals surface area (Å²) in [7, 11) is 1.51. The van der Waals surface area contributed by atoms with Gasteiger partial charge in [0.25, 0.3) is 5.91 Å². The van der Waals surface area contributed by atoms with Crippen molar-refractivity contribution in [2.24, 2.45) is 0 Å². The second kappa shape index (κ2) is 6.01. The summed E-state index contributed by atoms with van der Waals surface area (Å²) in [6.07, 6.45) is 1.58. The largest absolute Gasteiger partial charge is 0.481 e. The van der Waals surface area contributed by atoms with E-state index < -0.39 is 11.7 Å². The molecule has 0 radical (unpaired) electrons. The number of pyridine rings is 1. The molecule has 6 heteroatoms. The van der Waals surface area contributed by atoms with Crippen LogP contribution < -0.4 is 15.8 Å². The number of ether oxygens (including phenoxy) is 1. The molecule has 104 valence electrons. The van der Waals surface area contributed by atoms with E-state index in [4.69, 9.17) is 10.5 Å². The number of carbonyl (C=O) groups excluding carboxylic acids is 1. The Labute approximate surface area is 115 Å². The van der Waals surface area contributed by atoms with Crippen molar-refractivity contribution in [2.75, 3.05) is 12.8 Å². The molecule has 3 N–H and O–H groups in total. The number of anilines is 1. The van der Waals surface area contributed by atoms with Crippen LogP contribution in [0.1, 0.15) is 15.9 Å². The monoisotopic (exact) mass is 275 g/mol. The van der Waals surface area contributed by atoms with Gasteiger partial charge in [-0.3, -0.25) is 4.79 Å². The van der Waals surface area contributed by atoms with E-state index in [0.29, 0.717) is 5.88 Å². The zero-order chi connectivity index (χ0) is 14.5. The van der Waals surface area contributed by atoms with Gasteiger partial charge in [0.1, 0.15) is 5.82 Å². The number of benzene rings is 1. The first-order valence-electron chi connectivity index (χ1n) is 5.93. The lowest BCUT2D eigenvalue weighted by molar-refractivity contribution is 0.0951. The minimum absolute atomic E-state index is 0.117. The maximum Gasteiger partial charge on any atom is 0.253 e. The van der Waals surface area contributed by atoms with Crippen LogP contribution in [0.25, 0.3) is 0 Å². The standard InChI is InChI=1S/C14H14FN3O2/c1-20-12-7-9(5-6-17-12)8-18-14(19)10-3-2-4-11(15)13(10)16/h2-7H,8,16H2,1H3,(H,18,19). The van der Waals surface area contributed by atoms with E-state index in [1.165, 1.54) is 25.3 Å². The van der Waals surface area contributed by atoms with Gasteiger partial charge >= 0.3 is 0 Å². The van der Waals surface area contributed by atoms with Crippen molar-refractivity contribution in [3.63, 3.8) is 0 Å². The third-order valence-electron chi connectivity index (χ3n) is 2.76. The Morgan fingerprint density at radius 3 is 3.00 bits per heavy atom. The highest BCUT2D eigenvalue weighted by atomic mass is 19.1. The number of halogens is 1. The maximum absolute atomic E-state index is 13.3. The summed E-state index contributed by atoms with van der Waals surface area (Å²) in [5.41, 5.74) is 6.31. The molecule has 1 amide bonds. The first-order valence-corrected chi connectivity index (χ1v) is 5.93. The summed E-state index contributed by atoms with van der Waals surface area (Å²) in [6.45, 7) is 0.271. The fraction of sp³-hybridized carbons (Fsp3) is 0.143. The van der Waals surface area contributed by atoms with E-state index in [1.807, 2.05) is 0 Å². The Morgan fingerprint density at radius 2 is 2.25 bits per heavy atom. The van der Waals surface area contributed by atoms with Gasteiger partial charge in [-0.15, -0.1) is 0 Å². The van der Waals surface area contributed by atoms with Crippen LogP contribution in [0.2, 0.25) is 0 Å². The summed E-state index contributed by atoms with van der Waals surface area (Å²) in [4.78, 5) is 15.9. The molecule has 0 bridgehead atoms. The fourth-order valence-electron chi connectivity index (χ4n) is 1.68. The zero-order valence-corrected chi connectivity index (χ0v) is 10.9. The number of aromatic nitrogens is 1. The number of nitrogen functional groups attached to an aromatic ring is 1. The van der Waals surface area contributed by atoms with Crippen LogP contribution in [0.5, 0.6) is 5.88 Å². The van der Waals surface area contributed by atoms with E-state index in [0.717, 1.165) is 5.56 Å². The highest BCUT2D eigenvalue weighted by Gasteiger charge is 2.12. The number of amides is 1. The smallest absolute Gasteiger partial charge is 0.253 e. The van der Waals surface area contributed by atoms with Gasteiger partial charge in [-0.25, -0.2) is 9.37 Å². The highest BCUT2D eigenvalue weighted by molar-refractivity contribution is 5.99. The number of hydrogen-bond donors (Lipinski definition) is 2. The molecule has 2 aromatic rings. The highest BCUT2D eigenvalue weighted by Crippen LogP contribution is 2.16. The lowest BCUT2D eigenvalue weighted by atomic mass is 10.1. The molecule has 1 aromatic heterocycles. The molecular formula is C14H14FN3O2. The molecule has 20 heavy (non-hydrogen) atoms. The van der Waals surface area contributed by atoms with Gasteiger partial charge in [-0.2, -0.15) is 0 Å². The van der Waals surface area contributed by atoms with Gasteiger partial charge < -0.3 is 15.8 Å². The molecule has 1 heterocycles. The van der Waals surface area contributed by atoms with Crippen LogP contribution >= 0.6 is 0 Å². The van der Waals surface area contributed by atoms with Gasteiger partial charge in [0.05, 0.1) is 18.4 Å². The Morgan fingerprint density at radius 1 is 1.45 bits per heavy atom. The molecular weight excluding hydrogens is 261 g/mol. The van der Waals surface area contributed by atoms with Crippen LogP contribution in [0, 0.1) is 5.82 Å². The van der Waals surface area contributed by atoms with Gasteiger partial charge in [0.2, 0.25) is 5.88 Å². The fourth-order valence-corrected chi connectivity index (χ4v) is 1.68. The molecule has 0 atom stereocenters. The topological polar surface area (TPSA) is 77.2 Å². The van der Waals surface area contributed by atoms with Crippen LogP contribution in [0.4, 0.5) is 10.1 Å². The van der Waals surface area contributed by atoms with Crippen LogP contribution in [-0.4, -0.2) is 18.0 Å². The van der Waals surface area contributed by atoms with Crippen LogP contribution in [0.3, 0.4) is 0 Å². The minimum Gasteiger partial charge on any atom is -0.481 e. The maximum atomic E-state index is 13.3. The molecule has 0 aliphatic rings. The molecule has 1 aromatic carbocycles. The molecule has 0 spiro atoms. The zero-order valence-electron chi connectivity index (χ0n) is 10.9. The normalized spacial score (nSPS) is 10.1. The number of nitrogens with zero attached hydrogens (tertiary/aromatic N) is 1. The molecule has 0 aliphatic carbocycles. The molecule has 0 unspecified atom stereocenters. The second-order valence-corrected chi connectivity index (χ2v) is 4.09. The first-order chi connectivity index (χ1) is 9.61. The van der Waals surface area contributed by atoms with E-state index in [2.05, 4.69) is 10.3 Å². The SMILES string of the molecule is COc1cc(CNC(=O)c2cccc(F)c2N)ccn1. The van der Waals surface area contributed by atoms with Crippen LogP contribution in [-0.2, 0) is 6.54 Å². The molecule has 0 saturated heterocycles. The Hall–Kier alpha value is -2.63. The molecule has 0 aliphatic heterocycles. The van der Waals surface area contributed by atoms with Gasteiger partial charge in [0.15, 0.2) is 0 Å². The summed E-state index contributed by atoms with van der Waals surface area (Å²) in [6, 6.07) is 7.57. The van der Waals surface area contributed by atoms with E-state index >= 15 is 0 Å². The van der Waals surface area contributed by atoms with Gasteiger partial charge in [0, 0.05) is 18.8 Å². The van der Waals surface area contributed by atoms with Gasteiger partial charge in [-0.1, -0.05) is 6.07 Å².